The summed E-state index contributed by atoms with van der Waals surface area (Å²) in [5, 5.41) is 12.9. The van der Waals surface area contributed by atoms with Gasteiger partial charge in [-0.25, -0.2) is 0 Å². The number of methoxy groups -OCH3 is 1. The Morgan fingerprint density at radius 3 is 3.06 bits per heavy atom. The number of aliphatic hydroxyl groups is 1. The second-order valence-electron chi connectivity index (χ2n) is 4.18. The summed E-state index contributed by atoms with van der Waals surface area (Å²) in [6.45, 7) is 3.42. The van der Waals surface area contributed by atoms with Gasteiger partial charge in [0, 0.05) is 38.9 Å². The van der Waals surface area contributed by atoms with Crippen LogP contribution in [0.2, 0.25) is 0 Å². The normalized spacial score (nSPS) is 13.2. The van der Waals surface area contributed by atoms with E-state index in [4.69, 9.17) is 9.15 Å². The van der Waals surface area contributed by atoms with Crippen LogP contribution < -0.4 is 5.32 Å². The summed E-state index contributed by atoms with van der Waals surface area (Å²) in [5.41, 5.74) is 1.12. The predicted octanol–water partition coefficient (Wildman–Crippen LogP) is 0.308. The van der Waals surface area contributed by atoms with E-state index >= 15 is 0 Å². The molecule has 2 N–H and O–H groups in total. The van der Waals surface area contributed by atoms with Crippen LogP contribution in [0.3, 0.4) is 0 Å². The van der Waals surface area contributed by atoms with Gasteiger partial charge in [0.05, 0.1) is 25.2 Å². The predicted molar refractivity (Wildman–Crippen MR) is 65.8 cm³/mol. The average Bonchev–Trinajstić information content (AvgIpc) is 2.77. The van der Waals surface area contributed by atoms with Crippen molar-refractivity contribution >= 4 is 0 Å². The summed E-state index contributed by atoms with van der Waals surface area (Å²) in [6.07, 6.45) is 3.01. The first-order chi connectivity index (χ1) is 8.22. The van der Waals surface area contributed by atoms with E-state index < -0.39 is 0 Å². The molecule has 0 amide bonds. The first kappa shape index (κ1) is 14.2. The minimum absolute atomic E-state index is 0.372. The molecule has 5 nitrogen and oxygen atoms in total. The molecule has 1 rings (SSSR count). The van der Waals surface area contributed by atoms with Gasteiger partial charge in [0.25, 0.3) is 0 Å². The molecular formula is C12H22N2O3. The third kappa shape index (κ3) is 6.43. The Morgan fingerprint density at radius 1 is 1.59 bits per heavy atom. The van der Waals surface area contributed by atoms with Crippen LogP contribution in [-0.2, 0) is 11.3 Å². The van der Waals surface area contributed by atoms with Gasteiger partial charge in [-0.15, -0.1) is 0 Å². The molecular weight excluding hydrogens is 220 g/mol. The van der Waals surface area contributed by atoms with E-state index in [1.807, 2.05) is 13.1 Å². The fourth-order valence-corrected chi connectivity index (χ4v) is 1.63. The Kier molecular flexibility index (Phi) is 6.88. The van der Waals surface area contributed by atoms with Crippen LogP contribution in [-0.4, -0.2) is 56.5 Å². The Hall–Kier alpha value is -0.880. The van der Waals surface area contributed by atoms with Crippen LogP contribution in [0.5, 0.6) is 0 Å². The average molecular weight is 242 g/mol. The lowest BCUT2D eigenvalue weighted by Crippen LogP contribution is -2.37. The molecule has 0 fully saturated rings. The van der Waals surface area contributed by atoms with Crippen LogP contribution in [0.4, 0.5) is 0 Å². The SMILES string of the molecule is COCCNCC(O)CN(C)Cc1ccoc1. The van der Waals surface area contributed by atoms with Crippen LogP contribution in [0.25, 0.3) is 0 Å². The smallest absolute Gasteiger partial charge is 0.0947 e. The van der Waals surface area contributed by atoms with Gasteiger partial charge in [0.2, 0.25) is 0 Å². The van der Waals surface area contributed by atoms with Gasteiger partial charge < -0.3 is 19.6 Å². The standard InChI is InChI=1S/C12H22N2O3/c1-14(8-11-3-5-17-10-11)9-12(15)7-13-4-6-16-2/h3,5,10,12-13,15H,4,6-9H2,1-2H3. The summed E-state index contributed by atoms with van der Waals surface area (Å²) < 4.78 is 9.91. The molecule has 17 heavy (non-hydrogen) atoms. The molecule has 0 aliphatic heterocycles. The molecule has 98 valence electrons. The molecule has 1 unspecified atom stereocenters. The van der Waals surface area contributed by atoms with Crippen LogP contribution >= 0.6 is 0 Å². The highest BCUT2D eigenvalue weighted by Gasteiger charge is 2.08. The number of aliphatic hydroxyl groups excluding tert-OH is 1. The van der Waals surface area contributed by atoms with Crippen molar-refractivity contribution < 1.29 is 14.3 Å². The van der Waals surface area contributed by atoms with Crippen molar-refractivity contribution in [1.29, 1.82) is 0 Å². The van der Waals surface area contributed by atoms with Crippen molar-refractivity contribution in [3.8, 4) is 0 Å². The van der Waals surface area contributed by atoms with Gasteiger partial charge in [0.1, 0.15) is 0 Å². The van der Waals surface area contributed by atoms with Crippen LogP contribution in [0, 0.1) is 0 Å². The third-order valence-electron chi connectivity index (χ3n) is 2.42. The van der Waals surface area contributed by atoms with Crippen molar-refractivity contribution in [1.82, 2.24) is 10.2 Å². The van der Waals surface area contributed by atoms with Crippen molar-refractivity contribution in [3.63, 3.8) is 0 Å². The quantitative estimate of drug-likeness (QED) is 0.610. The van der Waals surface area contributed by atoms with Gasteiger partial charge in [-0.2, -0.15) is 0 Å². The van der Waals surface area contributed by atoms with Crippen molar-refractivity contribution in [2.75, 3.05) is 40.4 Å². The molecule has 0 aliphatic carbocycles. The van der Waals surface area contributed by atoms with Crippen molar-refractivity contribution in [3.05, 3.63) is 24.2 Å². The third-order valence-corrected chi connectivity index (χ3v) is 2.42. The second-order valence-corrected chi connectivity index (χ2v) is 4.18. The largest absolute Gasteiger partial charge is 0.472 e. The topological polar surface area (TPSA) is 57.9 Å². The van der Waals surface area contributed by atoms with E-state index in [0.29, 0.717) is 19.7 Å². The molecule has 1 heterocycles. The number of likely N-dealkylation sites (N-methyl/N-ethyl adjacent to an activating group) is 1. The lowest BCUT2D eigenvalue weighted by atomic mass is 10.3. The highest BCUT2D eigenvalue weighted by Crippen LogP contribution is 2.03. The monoisotopic (exact) mass is 242 g/mol. The van der Waals surface area contributed by atoms with Gasteiger partial charge in [-0.3, -0.25) is 4.90 Å². The maximum atomic E-state index is 9.78. The molecule has 0 aromatic carbocycles. The van der Waals surface area contributed by atoms with Gasteiger partial charge >= 0.3 is 0 Å². The van der Waals surface area contributed by atoms with Crippen molar-refractivity contribution in [2.24, 2.45) is 0 Å². The maximum Gasteiger partial charge on any atom is 0.0947 e. The number of ether oxygens (including phenoxy) is 1. The molecule has 0 bridgehead atoms. The Balaban J connectivity index is 2.10. The lowest BCUT2D eigenvalue weighted by molar-refractivity contribution is 0.117. The maximum absolute atomic E-state index is 9.78. The lowest BCUT2D eigenvalue weighted by Gasteiger charge is -2.20. The number of nitrogens with zero attached hydrogens (tertiary/aromatic N) is 1. The van der Waals surface area contributed by atoms with E-state index in [1.54, 1.807) is 19.6 Å². The first-order valence-electron chi connectivity index (χ1n) is 5.79. The number of hydrogen-bond donors (Lipinski definition) is 2. The molecule has 1 aromatic heterocycles. The summed E-state index contributed by atoms with van der Waals surface area (Å²) in [4.78, 5) is 2.06. The van der Waals surface area contributed by atoms with Gasteiger partial charge in [-0.05, 0) is 13.1 Å². The van der Waals surface area contributed by atoms with E-state index in [9.17, 15) is 5.11 Å². The van der Waals surface area contributed by atoms with E-state index in [1.165, 1.54) is 0 Å². The van der Waals surface area contributed by atoms with Crippen LogP contribution in [0.1, 0.15) is 5.56 Å². The van der Waals surface area contributed by atoms with E-state index in [0.717, 1.165) is 18.7 Å². The Labute approximate surface area is 102 Å². The van der Waals surface area contributed by atoms with Crippen molar-refractivity contribution in [2.45, 2.75) is 12.6 Å². The highest BCUT2D eigenvalue weighted by molar-refractivity contribution is 5.04. The summed E-state index contributed by atoms with van der Waals surface area (Å²) in [6, 6.07) is 1.93. The van der Waals surface area contributed by atoms with E-state index in [2.05, 4.69) is 10.2 Å². The first-order valence-corrected chi connectivity index (χ1v) is 5.79. The summed E-state index contributed by atoms with van der Waals surface area (Å²) >= 11 is 0. The Bertz CT molecular complexity index is 277. The zero-order chi connectivity index (χ0) is 12.5. The zero-order valence-electron chi connectivity index (χ0n) is 10.6. The summed E-state index contributed by atoms with van der Waals surface area (Å²) in [7, 11) is 3.64. The fourth-order valence-electron chi connectivity index (χ4n) is 1.63. The zero-order valence-corrected chi connectivity index (χ0v) is 10.6. The minimum atomic E-state index is -0.372. The molecule has 0 radical (unpaired) electrons. The molecule has 1 atom stereocenters. The van der Waals surface area contributed by atoms with Gasteiger partial charge in [-0.1, -0.05) is 0 Å². The molecule has 5 heteroatoms. The number of rotatable bonds is 9. The minimum Gasteiger partial charge on any atom is -0.472 e. The fraction of sp³-hybridized carbons (Fsp3) is 0.667. The Morgan fingerprint density at radius 2 is 2.41 bits per heavy atom. The highest BCUT2D eigenvalue weighted by atomic mass is 16.5. The molecule has 1 aromatic rings. The van der Waals surface area contributed by atoms with E-state index in [-0.39, 0.29) is 6.10 Å². The van der Waals surface area contributed by atoms with Crippen LogP contribution in [0.15, 0.2) is 23.0 Å². The summed E-state index contributed by atoms with van der Waals surface area (Å²) in [5.74, 6) is 0. The van der Waals surface area contributed by atoms with Gasteiger partial charge in [0.15, 0.2) is 0 Å². The molecule has 0 saturated carbocycles. The molecule has 0 saturated heterocycles. The molecule has 0 aliphatic rings. The number of nitrogens with one attached hydrogen (secondary N) is 1. The second kappa shape index (κ2) is 8.25. The number of hydrogen-bond acceptors (Lipinski definition) is 5. The molecule has 0 spiro atoms. The number of furan rings is 1.